The summed E-state index contributed by atoms with van der Waals surface area (Å²) in [5.74, 6) is -1.42. The first-order valence-corrected chi connectivity index (χ1v) is 6.58. The smallest absolute Gasteiger partial charge is 0.308 e. The molecular formula is C14H16ClNO3. The largest absolute Gasteiger partial charge is 0.481 e. The standard InChI is InChI=1S/C14H16ClNO3/c1-9(17)16-7-11(13(8-16)14(18)19)6-10-2-4-12(15)5-3-10/h2-5,11,13H,6-8H2,1H3,(H,18,19)/t11-,13-/m0/s1. The summed E-state index contributed by atoms with van der Waals surface area (Å²) in [4.78, 5) is 24.2. The molecule has 1 aromatic carbocycles. The van der Waals surface area contributed by atoms with E-state index in [2.05, 4.69) is 0 Å². The number of likely N-dealkylation sites (tertiary alicyclic amines) is 1. The van der Waals surface area contributed by atoms with Crippen LogP contribution in [-0.4, -0.2) is 35.0 Å². The molecule has 0 unspecified atom stereocenters. The number of amides is 1. The molecule has 0 spiro atoms. The van der Waals surface area contributed by atoms with Gasteiger partial charge in [0.25, 0.3) is 0 Å². The number of carboxylic acids is 1. The lowest BCUT2D eigenvalue weighted by Crippen LogP contribution is -2.27. The fraction of sp³-hybridized carbons (Fsp3) is 0.429. The zero-order valence-electron chi connectivity index (χ0n) is 10.7. The lowest BCUT2D eigenvalue weighted by molar-refractivity contribution is -0.142. The van der Waals surface area contributed by atoms with E-state index in [1.54, 1.807) is 17.0 Å². The first kappa shape index (κ1) is 13.9. The van der Waals surface area contributed by atoms with Gasteiger partial charge in [0.1, 0.15) is 0 Å². The molecule has 1 fully saturated rings. The van der Waals surface area contributed by atoms with Crippen LogP contribution in [0.25, 0.3) is 0 Å². The Morgan fingerprint density at radius 3 is 2.47 bits per heavy atom. The molecule has 1 amide bonds. The highest BCUT2D eigenvalue weighted by molar-refractivity contribution is 6.30. The number of rotatable bonds is 3. The second-order valence-electron chi connectivity index (χ2n) is 4.96. The van der Waals surface area contributed by atoms with Gasteiger partial charge in [-0.2, -0.15) is 0 Å². The van der Waals surface area contributed by atoms with Gasteiger partial charge in [-0.15, -0.1) is 0 Å². The molecule has 2 atom stereocenters. The second-order valence-corrected chi connectivity index (χ2v) is 5.40. The quantitative estimate of drug-likeness (QED) is 0.923. The average Bonchev–Trinajstić information content (AvgIpc) is 2.76. The van der Waals surface area contributed by atoms with Gasteiger partial charge in [0, 0.05) is 25.0 Å². The Balaban J connectivity index is 2.10. The van der Waals surface area contributed by atoms with Gasteiger partial charge < -0.3 is 10.0 Å². The van der Waals surface area contributed by atoms with E-state index in [1.165, 1.54) is 6.92 Å². The Kier molecular flexibility index (Phi) is 4.10. The molecule has 1 aliphatic heterocycles. The molecular weight excluding hydrogens is 266 g/mol. The zero-order chi connectivity index (χ0) is 14.0. The summed E-state index contributed by atoms with van der Waals surface area (Å²) in [6.07, 6.45) is 0.651. The second kappa shape index (κ2) is 5.61. The third kappa shape index (κ3) is 3.26. The van der Waals surface area contributed by atoms with Crippen molar-refractivity contribution in [3.8, 4) is 0 Å². The lowest BCUT2D eigenvalue weighted by atomic mass is 9.90. The normalized spacial score (nSPS) is 22.5. The number of hydrogen-bond acceptors (Lipinski definition) is 2. The molecule has 1 aromatic rings. The van der Waals surface area contributed by atoms with E-state index in [9.17, 15) is 14.7 Å². The molecule has 19 heavy (non-hydrogen) atoms. The molecule has 0 aliphatic carbocycles. The summed E-state index contributed by atoms with van der Waals surface area (Å²) in [5, 5.41) is 9.91. The minimum absolute atomic E-state index is 0.0393. The molecule has 1 aliphatic rings. The van der Waals surface area contributed by atoms with E-state index in [1.807, 2.05) is 12.1 Å². The topological polar surface area (TPSA) is 57.6 Å². The lowest BCUT2D eigenvalue weighted by Gasteiger charge is -2.14. The summed E-state index contributed by atoms with van der Waals surface area (Å²) in [6, 6.07) is 7.39. The maximum absolute atomic E-state index is 11.4. The highest BCUT2D eigenvalue weighted by Gasteiger charge is 2.38. The number of aliphatic carboxylic acids is 1. The number of carbonyl (C=O) groups is 2. The first-order chi connectivity index (χ1) is 8.97. The summed E-state index contributed by atoms with van der Waals surface area (Å²) >= 11 is 5.83. The predicted molar refractivity (Wildman–Crippen MR) is 72.0 cm³/mol. The van der Waals surface area contributed by atoms with Crippen LogP contribution in [0.4, 0.5) is 0 Å². The van der Waals surface area contributed by atoms with Crippen molar-refractivity contribution in [1.82, 2.24) is 4.90 Å². The van der Waals surface area contributed by atoms with Crippen molar-refractivity contribution in [3.05, 3.63) is 34.9 Å². The minimum atomic E-state index is -0.831. The summed E-state index contributed by atoms with van der Waals surface area (Å²) in [7, 11) is 0. The Bertz CT molecular complexity index is 486. The SMILES string of the molecule is CC(=O)N1C[C@H](Cc2ccc(Cl)cc2)[C@@H](C(=O)O)C1. The number of hydrogen-bond donors (Lipinski definition) is 1. The summed E-state index contributed by atoms with van der Waals surface area (Å²) in [5.41, 5.74) is 1.05. The molecule has 0 saturated carbocycles. The van der Waals surface area contributed by atoms with Gasteiger partial charge in [-0.3, -0.25) is 9.59 Å². The molecule has 0 aromatic heterocycles. The maximum atomic E-state index is 11.4. The van der Waals surface area contributed by atoms with Crippen molar-refractivity contribution in [2.45, 2.75) is 13.3 Å². The van der Waals surface area contributed by atoms with Gasteiger partial charge in [-0.1, -0.05) is 23.7 Å². The molecule has 0 bridgehead atoms. The maximum Gasteiger partial charge on any atom is 0.308 e. The third-order valence-electron chi connectivity index (χ3n) is 3.61. The van der Waals surface area contributed by atoms with Crippen LogP contribution in [0.1, 0.15) is 12.5 Å². The van der Waals surface area contributed by atoms with E-state index in [-0.39, 0.29) is 11.8 Å². The molecule has 102 valence electrons. The van der Waals surface area contributed by atoms with Crippen molar-refractivity contribution >= 4 is 23.5 Å². The Morgan fingerprint density at radius 2 is 1.95 bits per heavy atom. The molecule has 1 N–H and O–H groups in total. The summed E-state index contributed by atoms with van der Waals surface area (Å²) < 4.78 is 0. The van der Waals surface area contributed by atoms with Crippen LogP contribution in [0.2, 0.25) is 5.02 Å². The van der Waals surface area contributed by atoms with Gasteiger partial charge in [0.15, 0.2) is 0 Å². The highest BCUT2D eigenvalue weighted by atomic mass is 35.5. The molecule has 0 radical (unpaired) electrons. The van der Waals surface area contributed by atoms with Crippen LogP contribution < -0.4 is 0 Å². The predicted octanol–water partition coefficient (Wildman–Crippen LogP) is 2.06. The van der Waals surface area contributed by atoms with E-state index >= 15 is 0 Å². The Hall–Kier alpha value is -1.55. The molecule has 4 nitrogen and oxygen atoms in total. The van der Waals surface area contributed by atoms with E-state index in [0.717, 1.165) is 5.56 Å². The molecule has 5 heteroatoms. The van der Waals surface area contributed by atoms with Crippen molar-refractivity contribution < 1.29 is 14.7 Å². The van der Waals surface area contributed by atoms with Gasteiger partial charge in [0.05, 0.1) is 5.92 Å². The zero-order valence-corrected chi connectivity index (χ0v) is 11.4. The van der Waals surface area contributed by atoms with E-state index in [4.69, 9.17) is 11.6 Å². The minimum Gasteiger partial charge on any atom is -0.481 e. The molecule has 2 rings (SSSR count). The number of carboxylic acid groups (broad SMARTS) is 1. The molecule has 1 heterocycles. The number of carbonyl (C=O) groups excluding carboxylic acids is 1. The van der Waals surface area contributed by atoms with Gasteiger partial charge in [0.2, 0.25) is 5.91 Å². The van der Waals surface area contributed by atoms with Crippen LogP contribution in [-0.2, 0) is 16.0 Å². The van der Waals surface area contributed by atoms with Crippen molar-refractivity contribution in [3.63, 3.8) is 0 Å². The summed E-state index contributed by atoms with van der Waals surface area (Å²) in [6.45, 7) is 2.29. The van der Waals surface area contributed by atoms with Crippen LogP contribution >= 0.6 is 11.6 Å². The fourth-order valence-corrected chi connectivity index (χ4v) is 2.66. The van der Waals surface area contributed by atoms with Crippen LogP contribution in [0.3, 0.4) is 0 Å². The van der Waals surface area contributed by atoms with E-state index in [0.29, 0.717) is 24.5 Å². The number of halogens is 1. The van der Waals surface area contributed by atoms with Gasteiger partial charge in [-0.25, -0.2) is 0 Å². The van der Waals surface area contributed by atoms with Crippen molar-refractivity contribution in [2.75, 3.05) is 13.1 Å². The van der Waals surface area contributed by atoms with Gasteiger partial charge >= 0.3 is 5.97 Å². The van der Waals surface area contributed by atoms with Crippen molar-refractivity contribution in [2.24, 2.45) is 11.8 Å². The number of nitrogens with zero attached hydrogens (tertiary/aromatic N) is 1. The van der Waals surface area contributed by atoms with Crippen molar-refractivity contribution in [1.29, 1.82) is 0 Å². The fourth-order valence-electron chi connectivity index (χ4n) is 2.54. The van der Waals surface area contributed by atoms with Gasteiger partial charge in [-0.05, 0) is 30.0 Å². The number of benzene rings is 1. The Morgan fingerprint density at radius 1 is 1.32 bits per heavy atom. The van der Waals surface area contributed by atoms with E-state index < -0.39 is 11.9 Å². The average molecular weight is 282 g/mol. The monoisotopic (exact) mass is 281 g/mol. The highest BCUT2D eigenvalue weighted by Crippen LogP contribution is 2.27. The first-order valence-electron chi connectivity index (χ1n) is 6.20. The van der Waals surface area contributed by atoms with Crippen LogP contribution in [0.15, 0.2) is 24.3 Å². The Labute approximate surface area is 117 Å². The third-order valence-corrected chi connectivity index (χ3v) is 3.87. The van der Waals surface area contributed by atoms with Crippen LogP contribution in [0, 0.1) is 11.8 Å². The molecule has 1 saturated heterocycles. The van der Waals surface area contributed by atoms with Crippen LogP contribution in [0.5, 0.6) is 0 Å².